The van der Waals surface area contributed by atoms with Gasteiger partial charge in [0.1, 0.15) is 0 Å². The molecule has 0 spiro atoms. The molecular formula is C12H14F2N2O. The van der Waals surface area contributed by atoms with E-state index in [2.05, 4.69) is 10.6 Å². The molecule has 92 valence electrons. The number of benzene rings is 1. The summed E-state index contributed by atoms with van der Waals surface area (Å²) in [7, 11) is 0. The number of carbonyl (C=O) groups excluding carboxylic acids is 1. The number of fused-ring (bicyclic) bond motifs is 1. The van der Waals surface area contributed by atoms with Crippen LogP contribution in [0.5, 0.6) is 0 Å². The van der Waals surface area contributed by atoms with Crippen molar-refractivity contribution in [1.29, 1.82) is 0 Å². The molecule has 17 heavy (non-hydrogen) atoms. The van der Waals surface area contributed by atoms with E-state index >= 15 is 0 Å². The molecule has 0 radical (unpaired) electrons. The second-order valence-corrected chi connectivity index (χ2v) is 4.50. The van der Waals surface area contributed by atoms with Gasteiger partial charge in [0.2, 0.25) is 5.91 Å². The van der Waals surface area contributed by atoms with Crippen LogP contribution in [0.2, 0.25) is 0 Å². The van der Waals surface area contributed by atoms with Crippen LogP contribution in [0.3, 0.4) is 0 Å². The Balaban J connectivity index is 2.38. The van der Waals surface area contributed by atoms with Crippen molar-refractivity contribution in [3.8, 4) is 0 Å². The number of carbonyl (C=O) groups is 1. The molecule has 1 amide bonds. The first kappa shape index (κ1) is 11.8. The topological polar surface area (TPSA) is 41.1 Å². The molecule has 1 unspecified atom stereocenters. The second kappa shape index (κ2) is 4.31. The third-order valence-electron chi connectivity index (χ3n) is 2.99. The number of rotatable bonds is 1. The molecule has 5 heteroatoms. The van der Waals surface area contributed by atoms with Gasteiger partial charge < -0.3 is 10.6 Å². The maximum Gasteiger partial charge on any atom is 0.229 e. The van der Waals surface area contributed by atoms with Gasteiger partial charge >= 0.3 is 0 Å². The number of halogens is 2. The summed E-state index contributed by atoms with van der Waals surface area (Å²) in [5.74, 6) is -2.17. The van der Waals surface area contributed by atoms with Crippen LogP contribution >= 0.6 is 0 Å². The number of nitrogens with one attached hydrogen (secondary N) is 2. The van der Waals surface area contributed by atoms with Crippen molar-refractivity contribution < 1.29 is 13.6 Å². The Labute approximate surface area is 98.2 Å². The minimum absolute atomic E-state index is 0.0292. The zero-order valence-electron chi connectivity index (χ0n) is 9.68. The van der Waals surface area contributed by atoms with Gasteiger partial charge in [0.15, 0.2) is 11.6 Å². The second-order valence-electron chi connectivity index (χ2n) is 4.50. The van der Waals surface area contributed by atoms with Gasteiger partial charge in [-0.25, -0.2) is 8.78 Å². The molecule has 1 heterocycles. The minimum Gasteiger partial charge on any atom is -0.380 e. The molecule has 1 aliphatic rings. The molecule has 2 rings (SSSR count). The first-order chi connectivity index (χ1) is 8.00. The van der Waals surface area contributed by atoms with Crippen LogP contribution in [0.1, 0.15) is 13.8 Å². The van der Waals surface area contributed by atoms with Gasteiger partial charge in [0.25, 0.3) is 0 Å². The number of hydrogen-bond donors (Lipinski definition) is 2. The molecule has 0 aromatic heterocycles. The maximum absolute atomic E-state index is 13.5. The molecule has 1 atom stereocenters. The Hall–Kier alpha value is -1.65. The van der Waals surface area contributed by atoms with E-state index in [1.165, 1.54) is 6.07 Å². The summed E-state index contributed by atoms with van der Waals surface area (Å²) >= 11 is 0. The first-order valence-corrected chi connectivity index (χ1v) is 5.53. The van der Waals surface area contributed by atoms with E-state index in [1.807, 2.05) is 13.8 Å². The molecule has 0 bridgehead atoms. The van der Waals surface area contributed by atoms with Crippen LogP contribution in [0.4, 0.5) is 20.2 Å². The predicted octanol–water partition coefficient (Wildman–Crippen LogP) is 2.60. The average molecular weight is 240 g/mol. The fourth-order valence-electron chi connectivity index (χ4n) is 1.90. The van der Waals surface area contributed by atoms with Gasteiger partial charge in [-0.2, -0.15) is 0 Å². The Morgan fingerprint density at radius 2 is 2.06 bits per heavy atom. The lowest BCUT2D eigenvalue weighted by Crippen LogP contribution is -2.29. The summed E-state index contributed by atoms with van der Waals surface area (Å²) in [6.45, 7) is 4.13. The van der Waals surface area contributed by atoms with E-state index in [1.54, 1.807) is 0 Å². The molecule has 2 N–H and O–H groups in total. The van der Waals surface area contributed by atoms with Crippen LogP contribution in [0.25, 0.3) is 0 Å². The van der Waals surface area contributed by atoms with Gasteiger partial charge in [-0.3, -0.25) is 4.79 Å². The van der Waals surface area contributed by atoms with Crippen molar-refractivity contribution in [3.05, 3.63) is 23.8 Å². The molecule has 0 saturated heterocycles. The summed E-state index contributed by atoms with van der Waals surface area (Å²) in [5.41, 5.74) is 0.318. The molecule has 1 aliphatic heterocycles. The molecule has 1 aromatic carbocycles. The summed E-state index contributed by atoms with van der Waals surface area (Å²) in [6.07, 6.45) is 0. The molecule has 1 aromatic rings. The van der Waals surface area contributed by atoms with Crippen LogP contribution in [0.15, 0.2) is 12.1 Å². The fraction of sp³-hybridized carbons (Fsp3) is 0.417. The monoisotopic (exact) mass is 240 g/mol. The fourth-order valence-corrected chi connectivity index (χ4v) is 1.90. The standard InChI is InChI=1S/C12H14F2N2O/c1-6(2)7-5-15-11-9(16-12(7)17)4-3-8(13)10(11)14/h3-4,6-7,15H,5H2,1-2H3,(H,16,17). The molecule has 0 fully saturated rings. The Kier molecular flexibility index (Phi) is 3.00. The lowest BCUT2D eigenvalue weighted by molar-refractivity contribution is -0.120. The van der Waals surface area contributed by atoms with Gasteiger partial charge in [-0.15, -0.1) is 0 Å². The number of hydrogen-bond acceptors (Lipinski definition) is 2. The summed E-state index contributed by atoms with van der Waals surface area (Å²) in [5, 5.41) is 5.41. The highest BCUT2D eigenvalue weighted by molar-refractivity contribution is 5.97. The van der Waals surface area contributed by atoms with E-state index in [4.69, 9.17) is 0 Å². The van der Waals surface area contributed by atoms with Gasteiger partial charge in [-0.05, 0) is 18.1 Å². The zero-order chi connectivity index (χ0) is 12.6. The normalized spacial score (nSPS) is 19.4. The third kappa shape index (κ3) is 2.09. The van der Waals surface area contributed by atoms with Crippen molar-refractivity contribution in [2.45, 2.75) is 13.8 Å². The van der Waals surface area contributed by atoms with Crippen molar-refractivity contribution in [3.63, 3.8) is 0 Å². The summed E-state index contributed by atoms with van der Waals surface area (Å²) < 4.78 is 26.6. The van der Waals surface area contributed by atoms with Crippen LogP contribution < -0.4 is 10.6 Å². The number of anilines is 2. The van der Waals surface area contributed by atoms with Crippen molar-refractivity contribution in [2.24, 2.45) is 11.8 Å². The van der Waals surface area contributed by atoms with E-state index < -0.39 is 11.6 Å². The Morgan fingerprint density at radius 3 is 2.71 bits per heavy atom. The molecule has 0 aliphatic carbocycles. The quantitative estimate of drug-likeness (QED) is 0.792. The lowest BCUT2D eigenvalue weighted by atomic mass is 9.95. The average Bonchev–Trinajstić information content (AvgIpc) is 2.43. The predicted molar refractivity (Wildman–Crippen MR) is 61.8 cm³/mol. The SMILES string of the molecule is CC(C)C1CNc2c(ccc(F)c2F)NC1=O. The Morgan fingerprint density at radius 1 is 1.35 bits per heavy atom. The minimum atomic E-state index is -0.952. The van der Waals surface area contributed by atoms with Crippen molar-refractivity contribution >= 4 is 17.3 Å². The van der Waals surface area contributed by atoms with Crippen LogP contribution in [-0.2, 0) is 4.79 Å². The highest BCUT2D eigenvalue weighted by Crippen LogP contribution is 2.31. The van der Waals surface area contributed by atoms with E-state index in [-0.39, 0.29) is 29.1 Å². The molecular weight excluding hydrogens is 226 g/mol. The van der Waals surface area contributed by atoms with Gasteiger partial charge in [0, 0.05) is 6.54 Å². The highest BCUT2D eigenvalue weighted by atomic mass is 19.2. The first-order valence-electron chi connectivity index (χ1n) is 5.53. The van der Waals surface area contributed by atoms with Crippen LogP contribution in [-0.4, -0.2) is 12.5 Å². The summed E-state index contributed by atoms with van der Waals surface area (Å²) in [6, 6.07) is 2.37. The zero-order valence-corrected chi connectivity index (χ0v) is 9.68. The number of amides is 1. The highest BCUT2D eigenvalue weighted by Gasteiger charge is 2.27. The van der Waals surface area contributed by atoms with E-state index in [9.17, 15) is 13.6 Å². The van der Waals surface area contributed by atoms with Crippen molar-refractivity contribution in [2.75, 3.05) is 17.2 Å². The Bertz CT molecular complexity index is 460. The maximum atomic E-state index is 13.5. The summed E-state index contributed by atoms with van der Waals surface area (Å²) in [4.78, 5) is 11.8. The smallest absolute Gasteiger partial charge is 0.229 e. The largest absolute Gasteiger partial charge is 0.380 e. The molecule has 0 saturated carbocycles. The van der Waals surface area contributed by atoms with Gasteiger partial charge in [0.05, 0.1) is 17.3 Å². The molecule has 3 nitrogen and oxygen atoms in total. The van der Waals surface area contributed by atoms with E-state index in [0.717, 1.165) is 6.07 Å². The lowest BCUT2D eigenvalue weighted by Gasteiger charge is -2.16. The van der Waals surface area contributed by atoms with Crippen LogP contribution in [0, 0.1) is 23.5 Å². The third-order valence-corrected chi connectivity index (χ3v) is 2.99. The van der Waals surface area contributed by atoms with Crippen molar-refractivity contribution in [1.82, 2.24) is 0 Å². The van der Waals surface area contributed by atoms with Gasteiger partial charge in [-0.1, -0.05) is 13.8 Å². The van der Waals surface area contributed by atoms with E-state index in [0.29, 0.717) is 6.54 Å².